The van der Waals surface area contributed by atoms with E-state index in [1.165, 1.54) is 0 Å². The minimum Gasteiger partial charge on any atom is -0.298 e. The molecule has 0 aliphatic rings. The third kappa shape index (κ3) is 3.35. The fourth-order valence-corrected chi connectivity index (χ4v) is 1.55. The Hall–Kier alpha value is -1.76. The molecule has 17 heavy (non-hydrogen) atoms. The van der Waals surface area contributed by atoms with Crippen molar-refractivity contribution in [1.82, 2.24) is 0 Å². The Morgan fingerprint density at radius 2 is 2.18 bits per heavy atom. The van der Waals surface area contributed by atoms with Gasteiger partial charge in [0.1, 0.15) is 17.6 Å². The van der Waals surface area contributed by atoms with Gasteiger partial charge in [-0.1, -0.05) is 19.4 Å². The van der Waals surface area contributed by atoms with Gasteiger partial charge in [0.05, 0.1) is 6.07 Å². The lowest BCUT2D eigenvalue weighted by molar-refractivity contribution is -0.119. The molecule has 0 radical (unpaired) electrons. The van der Waals surface area contributed by atoms with Crippen LogP contribution in [0.25, 0.3) is 0 Å². The number of unbranched alkanes of at least 4 members (excludes halogenated alkanes) is 1. The summed E-state index contributed by atoms with van der Waals surface area (Å²) in [7, 11) is 0. The monoisotopic (exact) mass is 237 g/mol. The van der Waals surface area contributed by atoms with Crippen LogP contribution in [0.3, 0.4) is 0 Å². The van der Waals surface area contributed by atoms with Gasteiger partial charge in [0, 0.05) is 18.1 Å². The van der Waals surface area contributed by atoms with E-state index < -0.39 is 17.6 Å². The van der Waals surface area contributed by atoms with Crippen LogP contribution in [0.5, 0.6) is 0 Å². The molecule has 0 bridgehead atoms. The smallest absolute Gasteiger partial charge is 0.154 e. The minimum absolute atomic E-state index is 0.0463. The summed E-state index contributed by atoms with van der Waals surface area (Å²) in [6.45, 7) is 1.92. The molecule has 1 aromatic rings. The molecule has 0 saturated heterocycles. The number of carbonyl (C=O) groups excluding carboxylic acids is 1. The van der Waals surface area contributed by atoms with Gasteiger partial charge < -0.3 is 0 Å². The van der Waals surface area contributed by atoms with Crippen LogP contribution in [-0.4, -0.2) is 5.78 Å². The third-order valence-corrected chi connectivity index (χ3v) is 2.50. The van der Waals surface area contributed by atoms with Crippen LogP contribution < -0.4 is 0 Å². The van der Waals surface area contributed by atoms with Crippen molar-refractivity contribution in [3.8, 4) is 6.07 Å². The first-order chi connectivity index (χ1) is 8.10. The molecule has 2 nitrogen and oxygen atoms in total. The molecule has 0 aromatic heterocycles. The summed E-state index contributed by atoms with van der Waals surface area (Å²) in [6, 6.07) is 4.67. The van der Waals surface area contributed by atoms with E-state index in [1.54, 1.807) is 6.07 Å². The number of rotatable bonds is 5. The van der Waals surface area contributed by atoms with Crippen LogP contribution in [0.15, 0.2) is 18.2 Å². The SMILES string of the molecule is CCCCC(=O)C(C#N)c1ccc(F)cc1F. The largest absolute Gasteiger partial charge is 0.298 e. The summed E-state index contributed by atoms with van der Waals surface area (Å²) in [5.74, 6) is -3.02. The Balaban J connectivity index is 2.94. The number of halogens is 2. The number of benzene rings is 1. The van der Waals surface area contributed by atoms with Gasteiger partial charge in [-0.25, -0.2) is 8.78 Å². The van der Waals surface area contributed by atoms with Gasteiger partial charge in [-0.15, -0.1) is 0 Å². The summed E-state index contributed by atoms with van der Waals surface area (Å²) in [6.07, 6.45) is 1.74. The Labute approximate surface area is 98.9 Å². The predicted molar refractivity (Wildman–Crippen MR) is 59.2 cm³/mol. The highest BCUT2D eigenvalue weighted by atomic mass is 19.1. The average molecular weight is 237 g/mol. The first-order valence-electron chi connectivity index (χ1n) is 5.47. The molecule has 90 valence electrons. The van der Waals surface area contributed by atoms with Crippen molar-refractivity contribution in [3.63, 3.8) is 0 Å². The molecule has 1 atom stereocenters. The van der Waals surface area contributed by atoms with Crippen LogP contribution in [0.1, 0.15) is 37.7 Å². The molecule has 1 rings (SSSR count). The average Bonchev–Trinajstić information content (AvgIpc) is 2.30. The van der Waals surface area contributed by atoms with E-state index in [9.17, 15) is 13.6 Å². The molecule has 0 N–H and O–H groups in total. The number of nitrogens with zero attached hydrogens (tertiary/aromatic N) is 1. The Morgan fingerprint density at radius 3 is 2.71 bits per heavy atom. The molecule has 0 fully saturated rings. The molecule has 0 aliphatic carbocycles. The quantitative estimate of drug-likeness (QED) is 0.788. The van der Waals surface area contributed by atoms with Crippen LogP contribution in [0.4, 0.5) is 8.78 Å². The van der Waals surface area contributed by atoms with Crippen molar-refractivity contribution in [2.45, 2.75) is 32.1 Å². The zero-order chi connectivity index (χ0) is 12.8. The molecule has 1 unspecified atom stereocenters. The zero-order valence-electron chi connectivity index (χ0n) is 9.54. The minimum atomic E-state index is -1.14. The van der Waals surface area contributed by atoms with Crippen molar-refractivity contribution in [2.75, 3.05) is 0 Å². The van der Waals surface area contributed by atoms with E-state index in [2.05, 4.69) is 0 Å². The number of hydrogen-bond acceptors (Lipinski definition) is 2. The van der Waals surface area contributed by atoms with Gasteiger partial charge in [0.25, 0.3) is 0 Å². The normalized spacial score (nSPS) is 11.9. The van der Waals surface area contributed by atoms with Crippen molar-refractivity contribution in [1.29, 1.82) is 5.26 Å². The Bertz CT molecular complexity index is 451. The van der Waals surface area contributed by atoms with Crippen LogP contribution in [-0.2, 0) is 4.79 Å². The first kappa shape index (κ1) is 13.3. The second kappa shape index (κ2) is 6.09. The summed E-state index contributed by atoms with van der Waals surface area (Å²) in [5.41, 5.74) is -0.0463. The Morgan fingerprint density at radius 1 is 1.47 bits per heavy atom. The summed E-state index contributed by atoms with van der Waals surface area (Å²) < 4.78 is 26.1. The number of Topliss-reactive ketones (excluding diaryl/α,β-unsaturated/α-hetero) is 1. The summed E-state index contributed by atoms with van der Waals surface area (Å²) in [4.78, 5) is 11.7. The molecule has 1 aromatic carbocycles. The Kier molecular flexibility index (Phi) is 4.77. The van der Waals surface area contributed by atoms with E-state index in [0.717, 1.165) is 18.6 Å². The lowest BCUT2D eigenvalue weighted by Gasteiger charge is -2.09. The molecular formula is C13H13F2NO. The van der Waals surface area contributed by atoms with Gasteiger partial charge >= 0.3 is 0 Å². The highest BCUT2D eigenvalue weighted by molar-refractivity contribution is 5.88. The lowest BCUT2D eigenvalue weighted by atomic mass is 9.93. The van der Waals surface area contributed by atoms with Gasteiger partial charge in [0.2, 0.25) is 0 Å². The summed E-state index contributed by atoms with van der Waals surface area (Å²) in [5, 5.41) is 8.91. The van der Waals surface area contributed by atoms with Gasteiger partial charge in [0.15, 0.2) is 5.78 Å². The van der Waals surface area contributed by atoms with Crippen LogP contribution >= 0.6 is 0 Å². The number of carbonyl (C=O) groups is 1. The zero-order valence-corrected chi connectivity index (χ0v) is 9.54. The second-order valence-electron chi connectivity index (χ2n) is 3.80. The van der Waals surface area contributed by atoms with Crippen LogP contribution in [0.2, 0.25) is 0 Å². The van der Waals surface area contributed by atoms with E-state index in [0.29, 0.717) is 12.5 Å². The standard InChI is InChI=1S/C13H13F2NO/c1-2-3-4-13(17)11(8-16)10-6-5-9(14)7-12(10)15/h5-7,11H,2-4H2,1H3. The van der Waals surface area contributed by atoms with Gasteiger partial charge in [-0.05, 0) is 12.5 Å². The molecule has 0 heterocycles. The summed E-state index contributed by atoms with van der Waals surface area (Å²) >= 11 is 0. The van der Waals surface area contributed by atoms with Crippen molar-refractivity contribution in [3.05, 3.63) is 35.4 Å². The molecule has 4 heteroatoms. The first-order valence-corrected chi connectivity index (χ1v) is 5.47. The van der Waals surface area contributed by atoms with Crippen molar-refractivity contribution < 1.29 is 13.6 Å². The van der Waals surface area contributed by atoms with E-state index >= 15 is 0 Å². The van der Waals surface area contributed by atoms with Gasteiger partial charge in [-0.3, -0.25) is 4.79 Å². The maximum atomic E-state index is 13.4. The number of nitriles is 1. The van der Waals surface area contributed by atoms with Crippen molar-refractivity contribution >= 4 is 5.78 Å². The molecule has 0 saturated carbocycles. The highest BCUT2D eigenvalue weighted by Crippen LogP contribution is 2.22. The maximum absolute atomic E-state index is 13.4. The fourth-order valence-electron chi connectivity index (χ4n) is 1.55. The molecule has 0 spiro atoms. The fraction of sp³-hybridized carbons (Fsp3) is 0.385. The highest BCUT2D eigenvalue weighted by Gasteiger charge is 2.22. The maximum Gasteiger partial charge on any atom is 0.154 e. The van der Waals surface area contributed by atoms with E-state index in [4.69, 9.17) is 5.26 Å². The number of hydrogen-bond donors (Lipinski definition) is 0. The van der Waals surface area contributed by atoms with E-state index in [1.807, 2.05) is 6.92 Å². The lowest BCUT2D eigenvalue weighted by Crippen LogP contribution is -2.12. The van der Waals surface area contributed by atoms with Crippen molar-refractivity contribution in [2.24, 2.45) is 0 Å². The third-order valence-electron chi connectivity index (χ3n) is 2.50. The predicted octanol–water partition coefficient (Wildman–Crippen LogP) is 3.33. The second-order valence-corrected chi connectivity index (χ2v) is 3.80. The molecule has 0 aliphatic heterocycles. The topological polar surface area (TPSA) is 40.9 Å². The number of ketones is 1. The molecular weight excluding hydrogens is 224 g/mol. The van der Waals surface area contributed by atoms with E-state index in [-0.39, 0.29) is 17.8 Å². The molecule has 0 amide bonds. The van der Waals surface area contributed by atoms with Gasteiger partial charge in [-0.2, -0.15) is 5.26 Å². The van der Waals surface area contributed by atoms with Crippen LogP contribution in [0, 0.1) is 23.0 Å².